The smallest absolute Gasteiger partial charge is 0.250 e. The van der Waals surface area contributed by atoms with Gasteiger partial charge in [-0.15, -0.1) is 0 Å². The predicted molar refractivity (Wildman–Crippen MR) is 81.3 cm³/mol. The van der Waals surface area contributed by atoms with E-state index in [4.69, 9.17) is 9.47 Å². The fourth-order valence-corrected chi connectivity index (χ4v) is 2.99. The van der Waals surface area contributed by atoms with Gasteiger partial charge < -0.3 is 20.1 Å². The third kappa shape index (κ3) is 5.90. The molecule has 2 fully saturated rings. The van der Waals surface area contributed by atoms with E-state index in [0.29, 0.717) is 25.4 Å². The molecule has 2 rings (SSSR count). The zero-order valence-electron chi connectivity index (χ0n) is 13.3. The lowest BCUT2D eigenvalue weighted by atomic mass is 10.2. The van der Waals surface area contributed by atoms with Crippen LogP contribution in [0.3, 0.4) is 0 Å². The van der Waals surface area contributed by atoms with E-state index < -0.39 is 0 Å². The van der Waals surface area contributed by atoms with Gasteiger partial charge in [0, 0.05) is 32.7 Å². The molecule has 21 heavy (non-hydrogen) atoms. The Hall–Kier alpha value is -0.690. The SMILES string of the molecule is CC1CN(CCCCNC(=O)C2CNCCO2)CC(C)O1. The topological polar surface area (TPSA) is 62.8 Å². The number of amides is 1. The highest BCUT2D eigenvalue weighted by molar-refractivity contribution is 5.81. The van der Waals surface area contributed by atoms with Crippen molar-refractivity contribution in [1.29, 1.82) is 0 Å². The van der Waals surface area contributed by atoms with Crippen molar-refractivity contribution in [1.82, 2.24) is 15.5 Å². The highest BCUT2D eigenvalue weighted by atomic mass is 16.5. The number of morpholine rings is 2. The molecule has 2 N–H and O–H groups in total. The first kappa shape index (κ1) is 16.7. The number of carbonyl (C=O) groups is 1. The van der Waals surface area contributed by atoms with Gasteiger partial charge in [0.25, 0.3) is 0 Å². The zero-order chi connectivity index (χ0) is 15.1. The van der Waals surface area contributed by atoms with Crippen LogP contribution in [-0.4, -0.2) is 75.0 Å². The minimum absolute atomic E-state index is 0.0100. The summed E-state index contributed by atoms with van der Waals surface area (Å²) in [5, 5.41) is 6.12. The number of rotatable bonds is 6. The summed E-state index contributed by atoms with van der Waals surface area (Å²) in [5.74, 6) is 0.0100. The Kier molecular flexibility index (Phi) is 6.89. The normalized spacial score (nSPS) is 31.0. The van der Waals surface area contributed by atoms with Crippen LogP contribution in [0.5, 0.6) is 0 Å². The van der Waals surface area contributed by atoms with Gasteiger partial charge in [-0.3, -0.25) is 9.69 Å². The first-order valence-electron chi connectivity index (χ1n) is 8.13. The average Bonchev–Trinajstić information content (AvgIpc) is 2.46. The average molecular weight is 299 g/mol. The van der Waals surface area contributed by atoms with Gasteiger partial charge >= 0.3 is 0 Å². The number of carbonyl (C=O) groups excluding carboxylic acids is 1. The summed E-state index contributed by atoms with van der Waals surface area (Å²) in [6.45, 7) is 10.2. The molecule has 2 aliphatic heterocycles. The second-order valence-corrected chi connectivity index (χ2v) is 6.08. The molecule has 0 aromatic heterocycles. The molecule has 2 aliphatic rings. The van der Waals surface area contributed by atoms with Crippen LogP contribution in [-0.2, 0) is 14.3 Å². The molecule has 2 saturated heterocycles. The van der Waals surface area contributed by atoms with Crippen molar-refractivity contribution in [2.75, 3.05) is 45.9 Å². The van der Waals surface area contributed by atoms with E-state index in [2.05, 4.69) is 29.4 Å². The number of hydrogen-bond donors (Lipinski definition) is 2. The third-order valence-electron chi connectivity index (χ3n) is 3.92. The van der Waals surface area contributed by atoms with Crippen molar-refractivity contribution < 1.29 is 14.3 Å². The van der Waals surface area contributed by atoms with Gasteiger partial charge in [-0.2, -0.15) is 0 Å². The molecule has 0 bridgehead atoms. The number of unbranched alkanes of at least 4 members (excludes halogenated alkanes) is 1. The molecule has 2 heterocycles. The number of nitrogens with one attached hydrogen (secondary N) is 2. The monoisotopic (exact) mass is 299 g/mol. The molecule has 6 heteroatoms. The molecule has 0 saturated carbocycles. The van der Waals surface area contributed by atoms with E-state index in [1.165, 1.54) is 0 Å². The minimum Gasteiger partial charge on any atom is -0.373 e. The van der Waals surface area contributed by atoms with E-state index in [-0.39, 0.29) is 12.0 Å². The van der Waals surface area contributed by atoms with Crippen LogP contribution in [0.4, 0.5) is 0 Å². The first-order chi connectivity index (χ1) is 10.1. The van der Waals surface area contributed by atoms with E-state index >= 15 is 0 Å². The molecule has 1 amide bonds. The summed E-state index contributed by atoms with van der Waals surface area (Å²) in [7, 11) is 0. The van der Waals surface area contributed by atoms with Crippen LogP contribution < -0.4 is 10.6 Å². The van der Waals surface area contributed by atoms with Gasteiger partial charge in [-0.1, -0.05) is 0 Å². The predicted octanol–water partition coefficient (Wildman–Crippen LogP) is -0.0196. The van der Waals surface area contributed by atoms with Crippen molar-refractivity contribution >= 4 is 5.91 Å². The minimum atomic E-state index is -0.320. The van der Waals surface area contributed by atoms with Gasteiger partial charge in [0.1, 0.15) is 6.10 Å². The second kappa shape index (κ2) is 8.68. The number of nitrogens with zero attached hydrogens (tertiary/aromatic N) is 1. The Morgan fingerprint density at radius 3 is 2.71 bits per heavy atom. The molecule has 122 valence electrons. The lowest BCUT2D eigenvalue weighted by Crippen LogP contribution is -2.48. The molecule has 6 nitrogen and oxygen atoms in total. The van der Waals surface area contributed by atoms with Crippen molar-refractivity contribution in [3.63, 3.8) is 0 Å². The van der Waals surface area contributed by atoms with Crippen molar-refractivity contribution in [3.8, 4) is 0 Å². The Bertz CT molecular complexity index is 311. The fourth-order valence-electron chi connectivity index (χ4n) is 2.99. The van der Waals surface area contributed by atoms with Crippen molar-refractivity contribution in [2.45, 2.75) is 45.0 Å². The maximum atomic E-state index is 11.8. The van der Waals surface area contributed by atoms with E-state index in [1.807, 2.05) is 0 Å². The second-order valence-electron chi connectivity index (χ2n) is 6.08. The van der Waals surface area contributed by atoms with E-state index in [9.17, 15) is 4.79 Å². The summed E-state index contributed by atoms with van der Waals surface area (Å²) < 4.78 is 11.1. The number of hydrogen-bond acceptors (Lipinski definition) is 5. The molecule has 3 unspecified atom stereocenters. The largest absolute Gasteiger partial charge is 0.373 e. The summed E-state index contributed by atoms with van der Waals surface area (Å²) in [4.78, 5) is 14.3. The Morgan fingerprint density at radius 1 is 1.29 bits per heavy atom. The standard InChI is InChI=1S/C15H29N3O3/c1-12-10-18(11-13(2)21-12)7-4-3-5-17-15(19)14-9-16-6-8-20-14/h12-14,16H,3-11H2,1-2H3,(H,17,19). The highest BCUT2D eigenvalue weighted by Gasteiger charge is 2.22. The maximum absolute atomic E-state index is 11.8. The van der Waals surface area contributed by atoms with Crippen LogP contribution in [0.1, 0.15) is 26.7 Å². The summed E-state index contributed by atoms with van der Waals surface area (Å²) >= 11 is 0. The van der Waals surface area contributed by atoms with Crippen LogP contribution in [0.2, 0.25) is 0 Å². The van der Waals surface area contributed by atoms with E-state index in [0.717, 1.165) is 45.6 Å². The summed E-state index contributed by atoms with van der Waals surface area (Å²) in [5.41, 5.74) is 0. The zero-order valence-corrected chi connectivity index (χ0v) is 13.3. The van der Waals surface area contributed by atoms with Gasteiger partial charge in [0.15, 0.2) is 0 Å². The Balaban J connectivity index is 1.52. The lowest BCUT2D eigenvalue weighted by molar-refractivity contribution is -0.134. The molecule has 3 atom stereocenters. The molecular formula is C15H29N3O3. The Morgan fingerprint density at radius 2 is 2.05 bits per heavy atom. The summed E-state index contributed by atoms with van der Waals surface area (Å²) in [6.07, 6.45) is 2.43. The molecular weight excluding hydrogens is 270 g/mol. The fraction of sp³-hybridized carbons (Fsp3) is 0.933. The third-order valence-corrected chi connectivity index (χ3v) is 3.92. The van der Waals surface area contributed by atoms with Gasteiger partial charge in [0.2, 0.25) is 5.91 Å². The van der Waals surface area contributed by atoms with Crippen LogP contribution in [0.15, 0.2) is 0 Å². The molecule has 0 spiro atoms. The molecule has 0 aromatic rings. The first-order valence-corrected chi connectivity index (χ1v) is 8.13. The quantitative estimate of drug-likeness (QED) is 0.675. The van der Waals surface area contributed by atoms with Gasteiger partial charge in [-0.05, 0) is 33.2 Å². The summed E-state index contributed by atoms with van der Waals surface area (Å²) in [6, 6.07) is 0. The van der Waals surface area contributed by atoms with Crippen molar-refractivity contribution in [2.24, 2.45) is 0 Å². The van der Waals surface area contributed by atoms with Gasteiger partial charge in [0.05, 0.1) is 18.8 Å². The van der Waals surface area contributed by atoms with Gasteiger partial charge in [-0.25, -0.2) is 0 Å². The lowest BCUT2D eigenvalue weighted by Gasteiger charge is -2.35. The van der Waals surface area contributed by atoms with Crippen LogP contribution in [0.25, 0.3) is 0 Å². The highest BCUT2D eigenvalue weighted by Crippen LogP contribution is 2.11. The van der Waals surface area contributed by atoms with Crippen LogP contribution in [0, 0.1) is 0 Å². The molecule has 0 aromatic carbocycles. The number of ether oxygens (including phenoxy) is 2. The van der Waals surface area contributed by atoms with E-state index in [1.54, 1.807) is 0 Å². The Labute approximate surface area is 127 Å². The maximum Gasteiger partial charge on any atom is 0.250 e. The molecule has 0 radical (unpaired) electrons. The van der Waals surface area contributed by atoms with Crippen molar-refractivity contribution in [3.05, 3.63) is 0 Å². The van der Waals surface area contributed by atoms with Crippen LogP contribution >= 0.6 is 0 Å². The molecule has 0 aliphatic carbocycles.